The third kappa shape index (κ3) is 5.27. The normalized spacial score (nSPS) is 14.0. The molecule has 0 bridgehead atoms. The van der Waals surface area contributed by atoms with Crippen molar-refractivity contribution >= 4 is 11.6 Å². The minimum Gasteiger partial charge on any atom is -0.393 e. The van der Waals surface area contributed by atoms with Gasteiger partial charge in [0.25, 0.3) is 0 Å². The predicted molar refractivity (Wildman–Crippen MR) is 70.4 cm³/mol. The molecule has 100 valence electrons. The summed E-state index contributed by atoms with van der Waals surface area (Å²) in [5.74, 6) is -0.186. The predicted octanol–water partition coefficient (Wildman–Crippen LogP) is 0.266. The minimum atomic E-state index is -1.20. The Bertz CT molecular complexity index is 405. The molecule has 0 saturated heterocycles. The third-order valence-electron chi connectivity index (χ3n) is 2.43. The topological polar surface area (TPSA) is 81.6 Å². The van der Waals surface area contributed by atoms with Crippen molar-refractivity contribution in [3.63, 3.8) is 0 Å². The van der Waals surface area contributed by atoms with Gasteiger partial charge in [0.05, 0.1) is 18.8 Å². The zero-order chi connectivity index (χ0) is 13.6. The van der Waals surface area contributed by atoms with E-state index in [1.165, 1.54) is 6.92 Å². The van der Waals surface area contributed by atoms with E-state index in [9.17, 15) is 9.90 Å². The van der Waals surface area contributed by atoms with E-state index in [0.29, 0.717) is 0 Å². The minimum absolute atomic E-state index is 0.0874. The lowest BCUT2D eigenvalue weighted by molar-refractivity contribution is -0.115. The molecule has 0 spiro atoms. The molecule has 1 atom stereocenters. The van der Waals surface area contributed by atoms with E-state index in [0.717, 1.165) is 11.3 Å². The maximum atomic E-state index is 11.6. The Hall–Kier alpha value is -1.43. The monoisotopic (exact) mass is 252 g/mol. The molecule has 18 heavy (non-hydrogen) atoms. The van der Waals surface area contributed by atoms with E-state index in [1.807, 2.05) is 31.2 Å². The summed E-state index contributed by atoms with van der Waals surface area (Å²) < 4.78 is 0. The summed E-state index contributed by atoms with van der Waals surface area (Å²) in [6.45, 7) is 3.35. The number of aryl methyl sites for hydroxylation is 1. The number of amides is 1. The number of hydrogen-bond acceptors (Lipinski definition) is 4. The molecule has 0 radical (unpaired) electrons. The van der Waals surface area contributed by atoms with E-state index in [-0.39, 0.29) is 25.6 Å². The molecule has 0 aromatic heterocycles. The summed E-state index contributed by atoms with van der Waals surface area (Å²) in [5.41, 5.74) is 0.614. The zero-order valence-electron chi connectivity index (χ0n) is 10.7. The molecule has 1 amide bonds. The fourth-order valence-corrected chi connectivity index (χ4v) is 1.43. The molecule has 5 heteroatoms. The van der Waals surface area contributed by atoms with Crippen LogP contribution in [0.3, 0.4) is 0 Å². The SMILES string of the molecule is Cc1cccc(NC(=O)CNCC(C)(O)CO)c1. The molecule has 1 rings (SSSR count). The van der Waals surface area contributed by atoms with E-state index >= 15 is 0 Å². The molecule has 1 aromatic rings. The number of rotatable bonds is 6. The average molecular weight is 252 g/mol. The molecular weight excluding hydrogens is 232 g/mol. The highest BCUT2D eigenvalue weighted by Gasteiger charge is 2.18. The number of nitrogens with one attached hydrogen (secondary N) is 2. The van der Waals surface area contributed by atoms with Crippen LogP contribution in [0, 0.1) is 6.92 Å². The first kappa shape index (κ1) is 14.6. The van der Waals surface area contributed by atoms with Crippen molar-refractivity contribution in [1.82, 2.24) is 5.32 Å². The first-order valence-corrected chi connectivity index (χ1v) is 5.83. The van der Waals surface area contributed by atoms with Gasteiger partial charge in [-0.3, -0.25) is 4.79 Å². The number of benzene rings is 1. The van der Waals surface area contributed by atoms with Crippen LogP contribution in [-0.2, 0) is 4.79 Å². The van der Waals surface area contributed by atoms with Gasteiger partial charge in [0.1, 0.15) is 0 Å². The molecule has 0 aliphatic rings. The molecule has 1 aromatic carbocycles. The van der Waals surface area contributed by atoms with Gasteiger partial charge in [0.15, 0.2) is 0 Å². The summed E-state index contributed by atoms with van der Waals surface area (Å²) in [4.78, 5) is 11.6. The molecule has 1 unspecified atom stereocenters. The standard InChI is InChI=1S/C13H20N2O3/c1-10-4-3-5-11(6-10)15-12(17)7-14-8-13(2,18)9-16/h3-6,14,16,18H,7-9H2,1-2H3,(H,15,17). The Morgan fingerprint density at radius 1 is 1.44 bits per heavy atom. The summed E-state index contributed by atoms with van der Waals surface area (Å²) in [6, 6.07) is 7.51. The quantitative estimate of drug-likeness (QED) is 0.585. The number of anilines is 1. The van der Waals surface area contributed by atoms with Gasteiger partial charge < -0.3 is 20.8 Å². The molecule has 4 N–H and O–H groups in total. The second-order valence-corrected chi connectivity index (χ2v) is 4.68. The van der Waals surface area contributed by atoms with E-state index in [2.05, 4.69) is 10.6 Å². The summed E-state index contributed by atoms with van der Waals surface area (Å²) in [7, 11) is 0. The van der Waals surface area contributed by atoms with Crippen molar-refractivity contribution in [2.24, 2.45) is 0 Å². The number of carbonyl (C=O) groups excluding carboxylic acids is 1. The largest absolute Gasteiger partial charge is 0.393 e. The third-order valence-corrected chi connectivity index (χ3v) is 2.43. The number of aliphatic hydroxyl groups is 2. The van der Waals surface area contributed by atoms with Crippen LogP contribution in [0.15, 0.2) is 24.3 Å². The van der Waals surface area contributed by atoms with Gasteiger partial charge in [-0.05, 0) is 31.5 Å². The summed E-state index contributed by atoms with van der Waals surface area (Å²) >= 11 is 0. The van der Waals surface area contributed by atoms with E-state index in [1.54, 1.807) is 0 Å². The number of hydrogen-bond donors (Lipinski definition) is 4. The van der Waals surface area contributed by atoms with Crippen LogP contribution in [0.5, 0.6) is 0 Å². The molecular formula is C13H20N2O3. The smallest absolute Gasteiger partial charge is 0.238 e. The van der Waals surface area contributed by atoms with Gasteiger partial charge in [0.2, 0.25) is 5.91 Å². The van der Waals surface area contributed by atoms with Gasteiger partial charge in [-0.1, -0.05) is 12.1 Å². The lowest BCUT2D eigenvalue weighted by atomic mass is 10.1. The van der Waals surface area contributed by atoms with Crippen LogP contribution in [0.25, 0.3) is 0 Å². The highest BCUT2D eigenvalue weighted by molar-refractivity contribution is 5.92. The first-order valence-electron chi connectivity index (χ1n) is 5.83. The Labute approximate surface area is 107 Å². The Morgan fingerprint density at radius 3 is 2.78 bits per heavy atom. The fourth-order valence-electron chi connectivity index (χ4n) is 1.43. The van der Waals surface area contributed by atoms with Crippen LogP contribution in [0.2, 0.25) is 0 Å². The Kier molecular flexibility index (Phi) is 5.27. The molecule has 0 aliphatic carbocycles. The van der Waals surface area contributed by atoms with Crippen molar-refractivity contribution in [3.8, 4) is 0 Å². The Balaban J connectivity index is 2.34. The van der Waals surface area contributed by atoms with Crippen LogP contribution in [-0.4, -0.2) is 41.4 Å². The molecule has 0 heterocycles. The van der Waals surface area contributed by atoms with E-state index in [4.69, 9.17) is 5.11 Å². The lowest BCUT2D eigenvalue weighted by Crippen LogP contribution is -2.43. The maximum Gasteiger partial charge on any atom is 0.238 e. The summed E-state index contributed by atoms with van der Waals surface area (Å²) in [6.07, 6.45) is 0. The first-order chi connectivity index (χ1) is 8.43. The van der Waals surface area contributed by atoms with Gasteiger partial charge in [0, 0.05) is 12.2 Å². The van der Waals surface area contributed by atoms with Crippen LogP contribution >= 0.6 is 0 Å². The number of carbonyl (C=O) groups is 1. The maximum absolute atomic E-state index is 11.6. The van der Waals surface area contributed by atoms with Crippen molar-refractivity contribution in [2.75, 3.05) is 25.0 Å². The van der Waals surface area contributed by atoms with E-state index < -0.39 is 5.60 Å². The number of aliphatic hydroxyl groups excluding tert-OH is 1. The zero-order valence-corrected chi connectivity index (χ0v) is 10.7. The van der Waals surface area contributed by atoms with Crippen LogP contribution in [0.4, 0.5) is 5.69 Å². The lowest BCUT2D eigenvalue weighted by Gasteiger charge is -2.20. The second-order valence-electron chi connectivity index (χ2n) is 4.68. The Morgan fingerprint density at radius 2 is 2.17 bits per heavy atom. The molecule has 0 fully saturated rings. The molecule has 0 saturated carbocycles. The summed E-state index contributed by atoms with van der Waals surface area (Å²) in [5, 5.41) is 23.9. The second kappa shape index (κ2) is 6.49. The van der Waals surface area contributed by atoms with Gasteiger partial charge in [-0.2, -0.15) is 0 Å². The highest BCUT2D eigenvalue weighted by atomic mass is 16.3. The van der Waals surface area contributed by atoms with Gasteiger partial charge in [-0.15, -0.1) is 0 Å². The van der Waals surface area contributed by atoms with Gasteiger partial charge >= 0.3 is 0 Å². The van der Waals surface area contributed by atoms with Crippen molar-refractivity contribution < 1.29 is 15.0 Å². The fraction of sp³-hybridized carbons (Fsp3) is 0.462. The average Bonchev–Trinajstić information content (AvgIpc) is 2.28. The van der Waals surface area contributed by atoms with Gasteiger partial charge in [-0.25, -0.2) is 0 Å². The van der Waals surface area contributed by atoms with Crippen LogP contribution < -0.4 is 10.6 Å². The van der Waals surface area contributed by atoms with Crippen molar-refractivity contribution in [3.05, 3.63) is 29.8 Å². The molecule has 0 aliphatic heterocycles. The van der Waals surface area contributed by atoms with Crippen molar-refractivity contribution in [1.29, 1.82) is 0 Å². The van der Waals surface area contributed by atoms with Crippen LogP contribution in [0.1, 0.15) is 12.5 Å². The van der Waals surface area contributed by atoms with Crippen molar-refractivity contribution in [2.45, 2.75) is 19.4 Å². The highest BCUT2D eigenvalue weighted by Crippen LogP contribution is 2.08. The molecule has 5 nitrogen and oxygen atoms in total.